The maximum absolute atomic E-state index is 11.7. The highest BCUT2D eigenvalue weighted by Crippen LogP contribution is 2.04. The lowest BCUT2D eigenvalue weighted by Crippen LogP contribution is -2.15. The van der Waals surface area contributed by atoms with Gasteiger partial charge >= 0.3 is 0 Å². The van der Waals surface area contributed by atoms with E-state index in [9.17, 15) is 4.79 Å². The van der Waals surface area contributed by atoms with Gasteiger partial charge in [-0.3, -0.25) is 4.79 Å². The molecule has 1 aromatic carbocycles. The zero-order chi connectivity index (χ0) is 12.5. The first-order valence-corrected chi connectivity index (χ1v) is 5.69. The molecule has 0 heterocycles. The fourth-order valence-corrected chi connectivity index (χ4v) is 1.29. The molecule has 0 aliphatic carbocycles. The van der Waals surface area contributed by atoms with Crippen LogP contribution in [0.25, 0.3) is 0 Å². The van der Waals surface area contributed by atoms with Crippen LogP contribution in [0.1, 0.15) is 15.9 Å². The van der Waals surface area contributed by atoms with Crippen molar-refractivity contribution in [2.75, 3.05) is 33.0 Å². The third kappa shape index (κ3) is 5.58. The molecule has 0 aliphatic rings. The van der Waals surface area contributed by atoms with E-state index in [1.807, 2.05) is 31.2 Å². The Hall–Kier alpha value is -1.23. The third-order valence-electron chi connectivity index (χ3n) is 2.24. The van der Waals surface area contributed by atoms with E-state index in [1.54, 1.807) is 0 Å². The van der Waals surface area contributed by atoms with Gasteiger partial charge in [-0.2, -0.15) is 0 Å². The van der Waals surface area contributed by atoms with Crippen molar-refractivity contribution in [2.45, 2.75) is 6.92 Å². The Morgan fingerprint density at radius 2 is 1.76 bits per heavy atom. The van der Waals surface area contributed by atoms with Crippen LogP contribution in [0.15, 0.2) is 24.3 Å². The summed E-state index contributed by atoms with van der Waals surface area (Å²) in [4.78, 5) is 11.7. The van der Waals surface area contributed by atoms with Gasteiger partial charge in [-0.15, -0.1) is 0 Å². The molecule has 0 fully saturated rings. The molecule has 0 saturated carbocycles. The first kappa shape index (κ1) is 13.8. The minimum absolute atomic E-state index is 0.0103. The molecule has 0 radical (unpaired) electrons. The van der Waals surface area contributed by atoms with E-state index in [4.69, 9.17) is 15.2 Å². The predicted octanol–water partition coefficient (Wildman–Crippen LogP) is 1.17. The molecule has 2 N–H and O–H groups in total. The number of carbonyl (C=O) groups is 1. The second-order valence-electron chi connectivity index (χ2n) is 3.74. The number of rotatable bonds is 8. The molecular weight excluding hydrogens is 218 g/mol. The second-order valence-corrected chi connectivity index (χ2v) is 3.74. The Morgan fingerprint density at radius 1 is 1.12 bits per heavy atom. The van der Waals surface area contributed by atoms with Crippen molar-refractivity contribution < 1.29 is 14.3 Å². The number of nitrogens with two attached hydrogens (primary N) is 1. The summed E-state index contributed by atoms with van der Waals surface area (Å²) >= 11 is 0. The number of ether oxygens (including phenoxy) is 2. The summed E-state index contributed by atoms with van der Waals surface area (Å²) < 4.78 is 10.3. The summed E-state index contributed by atoms with van der Waals surface area (Å²) in [7, 11) is 0. The van der Waals surface area contributed by atoms with E-state index < -0.39 is 0 Å². The molecule has 0 saturated heterocycles. The Balaban J connectivity index is 2.19. The van der Waals surface area contributed by atoms with Gasteiger partial charge < -0.3 is 15.2 Å². The molecule has 0 aliphatic heterocycles. The van der Waals surface area contributed by atoms with Crippen molar-refractivity contribution in [2.24, 2.45) is 5.73 Å². The molecule has 4 heteroatoms. The number of benzene rings is 1. The average Bonchev–Trinajstić information content (AvgIpc) is 2.34. The maximum Gasteiger partial charge on any atom is 0.188 e. The van der Waals surface area contributed by atoms with E-state index in [2.05, 4.69) is 0 Å². The number of ketones is 1. The third-order valence-corrected chi connectivity index (χ3v) is 2.24. The van der Waals surface area contributed by atoms with Crippen molar-refractivity contribution in [3.05, 3.63) is 35.4 Å². The van der Waals surface area contributed by atoms with Crippen molar-refractivity contribution in [1.29, 1.82) is 0 Å². The van der Waals surface area contributed by atoms with Crippen LogP contribution in [0.5, 0.6) is 0 Å². The number of Topliss-reactive ketones (excluding diaryl/α,β-unsaturated/α-hetero) is 1. The molecule has 0 amide bonds. The van der Waals surface area contributed by atoms with Gasteiger partial charge in [0.15, 0.2) is 5.78 Å². The highest BCUT2D eigenvalue weighted by molar-refractivity contribution is 5.97. The monoisotopic (exact) mass is 237 g/mol. The molecule has 0 unspecified atom stereocenters. The van der Waals surface area contributed by atoms with Crippen LogP contribution in [-0.4, -0.2) is 38.8 Å². The lowest BCUT2D eigenvalue weighted by atomic mass is 10.1. The standard InChI is InChI=1S/C13H19NO3/c1-11-2-4-12(5-3-11)13(15)10-17-9-8-16-7-6-14/h2-5H,6-10,14H2,1H3. The van der Waals surface area contributed by atoms with E-state index in [-0.39, 0.29) is 12.4 Å². The number of hydrogen-bond acceptors (Lipinski definition) is 4. The van der Waals surface area contributed by atoms with Gasteiger partial charge in [-0.05, 0) is 6.92 Å². The molecular formula is C13H19NO3. The van der Waals surface area contributed by atoms with E-state index in [0.717, 1.165) is 5.56 Å². The van der Waals surface area contributed by atoms with Crippen LogP contribution in [0.3, 0.4) is 0 Å². The zero-order valence-electron chi connectivity index (χ0n) is 10.1. The second kappa shape index (κ2) is 7.95. The molecule has 0 atom stereocenters. The Morgan fingerprint density at radius 3 is 2.41 bits per heavy atom. The Labute approximate surface area is 102 Å². The lowest BCUT2D eigenvalue weighted by molar-refractivity contribution is 0.0460. The summed E-state index contributed by atoms with van der Waals surface area (Å²) in [6.07, 6.45) is 0. The van der Waals surface area contributed by atoms with E-state index in [1.165, 1.54) is 0 Å². The fraction of sp³-hybridized carbons (Fsp3) is 0.462. The highest BCUT2D eigenvalue weighted by atomic mass is 16.5. The number of aryl methyl sites for hydroxylation is 1. The van der Waals surface area contributed by atoms with Crippen molar-refractivity contribution in [1.82, 2.24) is 0 Å². The summed E-state index contributed by atoms with van der Waals surface area (Å²) in [6.45, 7) is 3.99. The highest BCUT2D eigenvalue weighted by Gasteiger charge is 2.04. The lowest BCUT2D eigenvalue weighted by Gasteiger charge is -2.04. The molecule has 17 heavy (non-hydrogen) atoms. The first-order valence-electron chi connectivity index (χ1n) is 5.69. The predicted molar refractivity (Wildman–Crippen MR) is 66.2 cm³/mol. The van der Waals surface area contributed by atoms with Gasteiger partial charge in [-0.25, -0.2) is 0 Å². The molecule has 0 aromatic heterocycles. The smallest absolute Gasteiger partial charge is 0.188 e. The van der Waals surface area contributed by atoms with Crippen LogP contribution in [0.2, 0.25) is 0 Å². The van der Waals surface area contributed by atoms with Crippen LogP contribution in [-0.2, 0) is 9.47 Å². The summed E-state index contributed by atoms with van der Waals surface area (Å²) in [5, 5.41) is 0. The topological polar surface area (TPSA) is 61.5 Å². The van der Waals surface area contributed by atoms with Crippen molar-refractivity contribution in [3.63, 3.8) is 0 Å². The molecule has 94 valence electrons. The van der Waals surface area contributed by atoms with E-state index >= 15 is 0 Å². The van der Waals surface area contributed by atoms with E-state index in [0.29, 0.717) is 31.9 Å². The average molecular weight is 237 g/mol. The normalized spacial score (nSPS) is 10.5. The maximum atomic E-state index is 11.7. The largest absolute Gasteiger partial charge is 0.378 e. The molecule has 0 bridgehead atoms. The fourth-order valence-electron chi connectivity index (χ4n) is 1.29. The number of carbonyl (C=O) groups excluding carboxylic acids is 1. The molecule has 1 rings (SSSR count). The van der Waals surface area contributed by atoms with Crippen LogP contribution < -0.4 is 5.73 Å². The van der Waals surface area contributed by atoms with Gasteiger partial charge in [-0.1, -0.05) is 29.8 Å². The first-order chi connectivity index (χ1) is 8.24. The van der Waals surface area contributed by atoms with Gasteiger partial charge in [0.25, 0.3) is 0 Å². The zero-order valence-corrected chi connectivity index (χ0v) is 10.1. The summed E-state index contributed by atoms with van der Waals surface area (Å²) in [6, 6.07) is 7.45. The molecule has 1 aromatic rings. The minimum atomic E-state index is -0.0103. The minimum Gasteiger partial charge on any atom is -0.378 e. The van der Waals surface area contributed by atoms with Crippen LogP contribution in [0.4, 0.5) is 0 Å². The quantitative estimate of drug-likeness (QED) is 0.544. The number of hydrogen-bond donors (Lipinski definition) is 1. The van der Waals surface area contributed by atoms with Gasteiger partial charge in [0.2, 0.25) is 0 Å². The Kier molecular flexibility index (Phi) is 6.47. The molecule has 4 nitrogen and oxygen atoms in total. The summed E-state index contributed by atoms with van der Waals surface area (Å²) in [5.41, 5.74) is 7.08. The summed E-state index contributed by atoms with van der Waals surface area (Å²) in [5.74, 6) is -0.0103. The van der Waals surface area contributed by atoms with Gasteiger partial charge in [0.1, 0.15) is 6.61 Å². The van der Waals surface area contributed by atoms with Crippen molar-refractivity contribution in [3.8, 4) is 0 Å². The van der Waals surface area contributed by atoms with Crippen molar-refractivity contribution >= 4 is 5.78 Å². The van der Waals surface area contributed by atoms with Gasteiger partial charge in [0, 0.05) is 12.1 Å². The van der Waals surface area contributed by atoms with Crippen LogP contribution in [0, 0.1) is 6.92 Å². The van der Waals surface area contributed by atoms with Crippen LogP contribution >= 0.6 is 0 Å². The molecule has 0 spiro atoms. The Bertz CT molecular complexity index is 335. The van der Waals surface area contributed by atoms with Gasteiger partial charge in [0.05, 0.1) is 19.8 Å². The SMILES string of the molecule is Cc1ccc(C(=O)COCCOCCN)cc1.